The molecule has 1 aromatic carbocycles. The van der Waals surface area contributed by atoms with Gasteiger partial charge in [0.15, 0.2) is 0 Å². The van der Waals surface area contributed by atoms with Crippen LogP contribution in [0, 0.1) is 10.1 Å². The maximum absolute atomic E-state index is 12.8. The maximum atomic E-state index is 12.8. The van der Waals surface area contributed by atoms with Crippen molar-refractivity contribution in [3.8, 4) is 0 Å². The fraction of sp³-hybridized carbons (Fsp3) is 0.600. The molecule has 12 nitrogen and oxygen atoms in total. The zero-order chi connectivity index (χ0) is 24.6. The van der Waals surface area contributed by atoms with Crippen molar-refractivity contribution < 1.29 is 33.1 Å². The number of rotatable bonds is 6. The monoisotopic (exact) mass is 486 g/mol. The highest BCUT2D eigenvalue weighted by molar-refractivity contribution is 7.89. The van der Waals surface area contributed by atoms with E-state index in [-0.39, 0.29) is 10.6 Å². The third-order valence-electron chi connectivity index (χ3n) is 5.75. The van der Waals surface area contributed by atoms with Crippen LogP contribution in [-0.4, -0.2) is 101 Å². The summed E-state index contributed by atoms with van der Waals surface area (Å²) in [6.07, 6.45) is 3.48. The lowest BCUT2D eigenvalue weighted by atomic mass is 10.0. The van der Waals surface area contributed by atoms with Crippen LogP contribution in [0.3, 0.4) is 0 Å². The van der Waals surface area contributed by atoms with Crippen molar-refractivity contribution in [2.24, 2.45) is 0 Å². The Labute approximate surface area is 192 Å². The van der Waals surface area contributed by atoms with Crippen molar-refractivity contribution in [1.29, 1.82) is 0 Å². The minimum atomic E-state index is -3.60. The van der Waals surface area contributed by atoms with Crippen LogP contribution in [0.25, 0.3) is 0 Å². The number of nitrogens with zero attached hydrogens (tertiary/aromatic N) is 4. The molecular formula is C20H30N4O8S. The molecule has 0 aromatic heterocycles. The number of sulfonamides is 1. The molecule has 0 bridgehead atoms. The van der Waals surface area contributed by atoms with Gasteiger partial charge < -0.3 is 15.1 Å². The molecule has 0 saturated carbocycles. The molecule has 3 rings (SSSR count). The minimum Gasteiger partial charge on any atom is -0.473 e. The number of aliphatic carboxylic acids is 2. The predicted octanol–water partition coefficient (Wildman–Crippen LogP) is 0.931. The Morgan fingerprint density at radius 2 is 1.52 bits per heavy atom. The fourth-order valence-electron chi connectivity index (χ4n) is 4.02. The smallest absolute Gasteiger partial charge is 0.414 e. The molecule has 0 amide bonds. The van der Waals surface area contributed by atoms with E-state index in [4.69, 9.17) is 19.8 Å². The van der Waals surface area contributed by atoms with E-state index in [0.717, 1.165) is 45.6 Å². The molecule has 184 valence electrons. The largest absolute Gasteiger partial charge is 0.473 e. The molecule has 0 unspecified atom stereocenters. The van der Waals surface area contributed by atoms with Gasteiger partial charge in [-0.1, -0.05) is 6.92 Å². The van der Waals surface area contributed by atoms with Crippen LogP contribution in [0.1, 0.15) is 26.2 Å². The number of carboxylic acid groups (broad SMARTS) is 2. The minimum absolute atomic E-state index is 0.104. The van der Waals surface area contributed by atoms with Gasteiger partial charge in [0.25, 0.3) is 5.69 Å². The average molecular weight is 487 g/mol. The van der Waals surface area contributed by atoms with Crippen LogP contribution >= 0.6 is 0 Å². The molecule has 1 aromatic rings. The van der Waals surface area contributed by atoms with Crippen molar-refractivity contribution in [3.63, 3.8) is 0 Å². The summed E-state index contributed by atoms with van der Waals surface area (Å²) in [6, 6.07) is 5.68. The van der Waals surface area contributed by atoms with Gasteiger partial charge in [0, 0.05) is 44.4 Å². The molecule has 2 saturated heterocycles. The second-order valence-corrected chi connectivity index (χ2v) is 9.81. The standard InChI is InChI=1S/C18H28N4O4S.C2H2O4/c1-2-9-19-10-7-16(8-11-19)20-12-14-21(15-13-20)27(25,26)18-5-3-17(4-6-18)22(23)24;3-1(4)2(5)6/h3-6,16H,2,7-15H2,1H3;(H,3,4)(H,5,6). The van der Waals surface area contributed by atoms with Gasteiger partial charge in [0.1, 0.15) is 0 Å². The molecule has 13 heteroatoms. The van der Waals surface area contributed by atoms with E-state index in [1.165, 1.54) is 35.0 Å². The summed E-state index contributed by atoms with van der Waals surface area (Å²) in [5.74, 6) is -3.65. The fourth-order valence-corrected chi connectivity index (χ4v) is 5.44. The highest BCUT2D eigenvalue weighted by Crippen LogP contribution is 2.23. The molecule has 0 atom stereocenters. The SMILES string of the molecule is CCCN1CCC(N2CCN(S(=O)(=O)c3ccc([N+](=O)[O-])cc3)CC2)CC1.O=C(O)C(=O)O. The van der Waals surface area contributed by atoms with Gasteiger partial charge in [-0.25, -0.2) is 18.0 Å². The van der Waals surface area contributed by atoms with Crippen molar-refractivity contribution in [3.05, 3.63) is 34.4 Å². The predicted molar refractivity (Wildman–Crippen MR) is 118 cm³/mol. The zero-order valence-electron chi connectivity index (χ0n) is 18.5. The van der Waals surface area contributed by atoms with Gasteiger partial charge in [0.2, 0.25) is 10.0 Å². The van der Waals surface area contributed by atoms with E-state index in [1.54, 1.807) is 0 Å². The summed E-state index contributed by atoms with van der Waals surface area (Å²) in [6.45, 7) is 8.03. The molecule has 2 N–H and O–H groups in total. The van der Waals surface area contributed by atoms with Crippen LogP contribution < -0.4 is 0 Å². The normalized spacial score (nSPS) is 18.8. The number of carboxylic acids is 2. The van der Waals surface area contributed by atoms with Gasteiger partial charge in [-0.2, -0.15) is 4.31 Å². The molecular weight excluding hydrogens is 456 g/mol. The third kappa shape index (κ3) is 7.45. The topological polar surface area (TPSA) is 162 Å². The Morgan fingerprint density at radius 3 is 1.94 bits per heavy atom. The Bertz CT molecular complexity index is 910. The quantitative estimate of drug-likeness (QED) is 0.336. The average Bonchev–Trinajstić information content (AvgIpc) is 2.80. The summed E-state index contributed by atoms with van der Waals surface area (Å²) in [7, 11) is -3.60. The molecule has 2 aliphatic heterocycles. The number of nitro benzene ring substituents is 1. The van der Waals surface area contributed by atoms with Crippen LogP contribution in [0.15, 0.2) is 29.2 Å². The van der Waals surface area contributed by atoms with E-state index in [1.807, 2.05) is 0 Å². The molecule has 2 heterocycles. The highest BCUT2D eigenvalue weighted by Gasteiger charge is 2.32. The van der Waals surface area contributed by atoms with Gasteiger partial charge in [-0.15, -0.1) is 0 Å². The first-order valence-electron chi connectivity index (χ1n) is 10.7. The summed E-state index contributed by atoms with van der Waals surface area (Å²) >= 11 is 0. The first kappa shape index (κ1) is 26.6. The second kappa shape index (κ2) is 12.0. The number of carbonyl (C=O) groups is 2. The van der Waals surface area contributed by atoms with Crippen LogP contribution in [0.2, 0.25) is 0 Å². The Morgan fingerprint density at radius 1 is 1.00 bits per heavy atom. The summed E-state index contributed by atoms with van der Waals surface area (Å²) in [5, 5.41) is 25.5. The maximum Gasteiger partial charge on any atom is 0.414 e. The number of hydrogen-bond donors (Lipinski definition) is 2. The highest BCUT2D eigenvalue weighted by atomic mass is 32.2. The van der Waals surface area contributed by atoms with Crippen LogP contribution in [0.4, 0.5) is 5.69 Å². The van der Waals surface area contributed by atoms with E-state index < -0.39 is 26.9 Å². The van der Waals surface area contributed by atoms with Crippen molar-refractivity contribution in [2.75, 3.05) is 45.8 Å². The van der Waals surface area contributed by atoms with E-state index in [0.29, 0.717) is 19.1 Å². The Hall–Kier alpha value is -2.61. The number of piperazine rings is 1. The van der Waals surface area contributed by atoms with E-state index in [2.05, 4.69) is 16.7 Å². The first-order chi connectivity index (χ1) is 15.6. The summed E-state index contributed by atoms with van der Waals surface area (Å²) in [4.78, 5) is 33.5. The first-order valence-corrected chi connectivity index (χ1v) is 12.2. The second-order valence-electron chi connectivity index (χ2n) is 7.87. The van der Waals surface area contributed by atoms with Gasteiger partial charge in [-0.3, -0.25) is 15.0 Å². The van der Waals surface area contributed by atoms with Crippen LogP contribution in [-0.2, 0) is 19.6 Å². The van der Waals surface area contributed by atoms with Crippen LogP contribution in [0.5, 0.6) is 0 Å². The van der Waals surface area contributed by atoms with Gasteiger partial charge in [0.05, 0.1) is 9.82 Å². The molecule has 33 heavy (non-hydrogen) atoms. The molecule has 0 spiro atoms. The lowest BCUT2D eigenvalue weighted by Gasteiger charge is -2.42. The lowest BCUT2D eigenvalue weighted by molar-refractivity contribution is -0.384. The van der Waals surface area contributed by atoms with Crippen molar-refractivity contribution >= 4 is 27.6 Å². The Balaban J connectivity index is 0.000000569. The molecule has 2 aliphatic rings. The number of piperidine rings is 1. The number of non-ortho nitro benzene ring substituents is 1. The van der Waals surface area contributed by atoms with Crippen molar-refractivity contribution in [2.45, 2.75) is 37.1 Å². The number of hydrogen-bond acceptors (Lipinski definition) is 8. The van der Waals surface area contributed by atoms with E-state index >= 15 is 0 Å². The molecule has 2 fully saturated rings. The third-order valence-corrected chi connectivity index (χ3v) is 7.67. The van der Waals surface area contributed by atoms with Gasteiger partial charge in [-0.05, 0) is 51.0 Å². The van der Waals surface area contributed by atoms with Gasteiger partial charge >= 0.3 is 11.9 Å². The number of nitro groups is 1. The summed E-state index contributed by atoms with van der Waals surface area (Å²) < 4.78 is 27.1. The van der Waals surface area contributed by atoms with Crippen molar-refractivity contribution in [1.82, 2.24) is 14.1 Å². The molecule has 0 aliphatic carbocycles. The van der Waals surface area contributed by atoms with E-state index in [9.17, 15) is 18.5 Å². The Kier molecular flexibility index (Phi) is 9.70. The zero-order valence-corrected chi connectivity index (χ0v) is 19.3. The molecule has 0 radical (unpaired) electrons. The summed E-state index contributed by atoms with van der Waals surface area (Å²) in [5.41, 5.74) is -0.104. The number of likely N-dealkylation sites (tertiary alicyclic amines) is 1. The number of benzene rings is 1. The lowest BCUT2D eigenvalue weighted by Crippen LogP contribution is -2.54.